The quantitative estimate of drug-likeness (QED) is 0.589. The minimum atomic E-state index is 0.172. The predicted octanol–water partition coefficient (Wildman–Crippen LogP) is 1.31. The zero-order valence-electron chi connectivity index (χ0n) is 6.84. The molecule has 0 fully saturated rings. The van der Waals surface area contributed by atoms with Crippen LogP contribution < -0.4 is 5.73 Å². The molecule has 1 unspecified atom stereocenters. The Labute approximate surface area is 63.1 Å². The summed E-state index contributed by atoms with van der Waals surface area (Å²) >= 11 is 0. The molecule has 0 aliphatic heterocycles. The van der Waals surface area contributed by atoms with E-state index in [2.05, 4.69) is 6.58 Å². The largest absolute Gasteiger partial charge is 0.377 e. The Hall–Kier alpha value is -0.340. The van der Waals surface area contributed by atoms with Crippen molar-refractivity contribution in [2.24, 2.45) is 5.73 Å². The molecular formula is C8H17NO. The van der Waals surface area contributed by atoms with Gasteiger partial charge in [-0.2, -0.15) is 0 Å². The lowest BCUT2D eigenvalue weighted by molar-refractivity contribution is 0.130. The Morgan fingerprint density at radius 3 is 2.50 bits per heavy atom. The summed E-state index contributed by atoms with van der Waals surface area (Å²) < 4.78 is 5.08. The van der Waals surface area contributed by atoms with Gasteiger partial charge in [-0.25, -0.2) is 0 Å². The molecule has 2 heteroatoms. The van der Waals surface area contributed by atoms with E-state index in [4.69, 9.17) is 10.5 Å². The number of hydrogen-bond donors (Lipinski definition) is 1. The van der Waals surface area contributed by atoms with Crippen molar-refractivity contribution in [2.75, 3.05) is 7.11 Å². The highest BCUT2D eigenvalue weighted by molar-refractivity contribution is 4.79. The van der Waals surface area contributed by atoms with Crippen LogP contribution in [0.2, 0.25) is 0 Å². The highest BCUT2D eigenvalue weighted by Crippen LogP contribution is 2.03. The highest BCUT2D eigenvalue weighted by Gasteiger charge is 2.02. The lowest BCUT2D eigenvalue weighted by Crippen LogP contribution is -2.18. The molecule has 0 saturated heterocycles. The second-order valence-electron chi connectivity index (χ2n) is 2.56. The third-order valence-corrected chi connectivity index (χ3v) is 1.47. The van der Waals surface area contributed by atoms with Crippen LogP contribution >= 0.6 is 0 Å². The minimum absolute atomic E-state index is 0.172. The number of nitrogens with two attached hydrogens (primary N) is 1. The first-order valence-electron chi connectivity index (χ1n) is 3.61. The highest BCUT2D eigenvalue weighted by atomic mass is 16.5. The average Bonchev–Trinajstić information content (AvgIpc) is 1.90. The normalized spacial score (nSPS) is 16.3. The number of hydrogen-bond acceptors (Lipinski definition) is 2. The van der Waals surface area contributed by atoms with Gasteiger partial charge >= 0.3 is 0 Å². The fourth-order valence-electron chi connectivity index (χ4n) is 0.759. The van der Waals surface area contributed by atoms with E-state index in [1.807, 2.05) is 13.0 Å². The van der Waals surface area contributed by atoms with Crippen molar-refractivity contribution < 1.29 is 4.74 Å². The van der Waals surface area contributed by atoms with Gasteiger partial charge in [0.15, 0.2) is 0 Å². The van der Waals surface area contributed by atoms with Crippen LogP contribution in [0, 0.1) is 0 Å². The molecule has 2 atom stereocenters. The van der Waals surface area contributed by atoms with Crippen molar-refractivity contribution >= 4 is 0 Å². The van der Waals surface area contributed by atoms with E-state index in [0.29, 0.717) is 0 Å². The van der Waals surface area contributed by atoms with Crippen molar-refractivity contribution in [3.8, 4) is 0 Å². The summed E-state index contributed by atoms with van der Waals surface area (Å²) in [5.41, 5.74) is 5.56. The van der Waals surface area contributed by atoms with E-state index in [9.17, 15) is 0 Å². The second-order valence-corrected chi connectivity index (χ2v) is 2.56. The monoisotopic (exact) mass is 143 g/mol. The maximum atomic E-state index is 5.56. The molecule has 0 aliphatic carbocycles. The molecule has 0 heterocycles. The first kappa shape index (κ1) is 9.66. The van der Waals surface area contributed by atoms with Gasteiger partial charge in [0.05, 0.1) is 6.10 Å². The molecular weight excluding hydrogens is 126 g/mol. The third-order valence-electron chi connectivity index (χ3n) is 1.47. The van der Waals surface area contributed by atoms with Crippen molar-refractivity contribution in [1.82, 2.24) is 0 Å². The summed E-state index contributed by atoms with van der Waals surface area (Å²) in [7, 11) is 1.69. The van der Waals surface area contributed by atoms with E-state index < -0.39 is 0 Å². The first-order valence-corrected chi connectivity index (χ1v) is 3.61. The van der Waals surface area contributed by atoms with Gasteiger partial charge in [0.2, 0.25) is 0 Å². The van der Waals surface area contributed by atoms with Crippen LogP contribution in [0.25, 0.3) is 0 Å². The maximum Gasteiger partial charge on any atom is 0.0750 e. The molecule has 0 radical (unpaired) electrons. The Kier molecular flexibility index (Phi) is 5.26. The molecule has 60 valence electrons. The summed E-state index contributed by atoms with van der Waals surface area (Å²) in [6.45, 7) is 5.64. The van der Waals surface area contributed by atoms with Crippen molar-refractivity contribution in [3.63, 3.8) is 0 Å². The summed E-state index contributed by atoms with van der Waals surface area (Å²) in [6, 6.07) is 0.262. The molecule has 10 heavy (non-hydrogen) atoms. The summed E-state index contributed by atoms with van der Waals surface area (Å²) in [4.78, 5) is 0. The summed E-state index contributed by atoms with van der Waals surface area (Å²) in [5, 5.41) is 0. The summed E-state index contributed by atoms with van der Waals surface area (Å²) in [5.74, 6) is 0. The third kappa shape index (κ3) is 4.53. The molecule has 0 aromatic rings. The molecule has 0 aromatic carbocycles. The molecule has 0 spiro atoms. The number of rotatable bonds is 5. The Morgan fingerprint density at radius 1 is 1.60 bits per heavy atom. The van der Waals surface area contributed by atoms with Gasteiger partial charge < -0.3 is 10.5 Å². The molecule has 0 aliphatic rings. The van der Waals surface area contributed by atoms with Gasteiger partial charge in [-0.05, 0) is 19.8 Å². The van der Waals surface area contributed by atoms with E-state index in [1.54, 1.807) is 7.11 Å². The molecule has 0 rings (SSSR count). The van der Waals surface area contributed by atoms with Crippen LogP contribution in [0.4, 0.5) is 0 Å². The second kappa shape index (κ2) is 5.45. The van der Waals surface area contributed by atoms with Crippen molar-refractivity contribution in [3.05, 3.63) is 12.7 Å². The molecule has 0 aromatic heterocycles. The average molecular weight is 143 g/mol. The number of ether oxygens (including phenoxy) is 1. The Morgan fingerprint density at radius 2 is 2.20 bits per heavy atom. The minimum Gasteiger partial charge on any atom is -0.377 e. The number of methoxy groups -OCH3 is 1. The SMILES string of the molecule is C=CC(CC[C@H](C)N)OC. The van der Waals surface area contributed by atoms with E-state index in [0.717, 1.165) is 12.8 Å². The van der Waals surface area contributed by atoms with E-state index in [1.165, 1.54) is 0 Å². The van der Waals surface area contributed by atoms with Gasteiger partial charge in [-0.15, -0.1) is 6.58 Å². The van der Waals surface area contributed by atoms with Gasteiger partial charge in [-0.1, -0.05) is 6.08 Å². The topological polar surface area (TPSA) is 35.2 Å². The van der Waals surface area contributed by atoms with Crippen molar-refractivity contribution in [1.29, 1.82) is 0 Å². The van der Waals surface area contributed by atoms with E-state index >= 15 is 0 Å². The molecule has 0 amide bonds. The van der Waals surface area contributed by atoms with Crippen LogP contribution in [-0.4, -0.2) is 19.3 Å². The van der Waals surface area contributed by atoms with Crippen LogP contribution in [0.5, 0.6) is 0 Å². The maximum absolute atomic E-state index is 5.56. The lowest BCUT2D eigenvalue weighted by Gasteiger charge is -2.11. The molecule has 2 nitrogen and oxygen atoms in total. The van der Waals surface area contributed by atoms with Crippen LogP contribution in [-0.2, 0) is 4.74 Å². The molecule has 0 bridgehead atoms. The van der Waals surface area contributed by atoms with E-state index in [-0.39, 0.29) is 12.1 Å². The smallest absolute Gasteiger partial charge is 0.0750 e. The zero-order chi connectivity index (χ0) is 7.98. The van der Waals surface area contributed by atoms with Crippen LogP contribution in [0.15, 0.2) is 12.7 Å². The summed E-state index contributed by atoms with van der Waals surface area (Å²) in [6.07, 6.45) is 3.94. The predicted molar refractivity (Wildman–Crippen MR) is 43.9 cm³/mol. The Bertz CT molecular complexity index is 91.3. The van der Waals surface area contributed by atoms with Gasteiger partial charge in [-0.3, -0.25) is 0 Å². The first-order chi connectivity index (χ1) is 4.70. The van der Waals surface area contributed by atoms with Gasteiger partial charge in [0, 0.05) is 13.2 Å². The van der Waals surface area contributed by atoms with Crippen molar-refractivity contribution in [2.45, 2.75) is 31.9 Å². The standard InChI is InChI=1S/C8H17NO/c1-4-8(10-3)6-5-7(2)9/h4,7-8H,1,5-6,9H2,2-3H3/t7-,8?/m0/s1. The fourth-order valence-corrected chi connectivity index (χ4v) is 0.759. The van der Waals surface area contributed by atoms with Crippen LogP contribution in [0.3, 0.4) is 0 Å². The van der Waals surface area contributed by atoms with Gasteiger partial charge in [0.25, 0.3) is 0 Å². The zero-order valence-corrected chi connectivity index (χ0v) is 6.84. The molecule has 0 saturated carbocycles. The fraction of sp³-hybridized carbons (Fsp3) is 0.750. The van der Waals surface area contributed by atoms with Gasteiger partial charge in [0.1, 0.15) is 0 Å². The Balaban J connectivity index is 3.34. The molecule has 2 N–H and O–H groups in total. The van der Waals surface area contributed by atoms with Crippen LogP contribution in [0.1, 0.15) is 19.8 Å². The lowest BCUT2D eigenvalue weighted by atomic mass is 10.1.